The molecular formula is C29H35Cl4N5O2. The lowest BCUT2D eigenvalue weighted by molar-refractivity contribution is 0.0814. The van der Waals surface area contributed by atoms with Gasteiger partial charge in [-0.2, -0.15) is 0 Å². The summed E-state index contributed by atoms with van der Waals surface area (Å²) in [6.45, 7) is 4.63. The maximum atomic E-state index is 13.2. The number of nitrogens with one attached hydrogen (secondary N) is 1. The second-order valence-corrected chi connectivity index (χ2v) is 12.1. The lowest BCUT2D eigenvalue weighted by atomic mass is 9.89. The average molecular weight is 627 g/mol. The van der Waals surface area contributed by atoms with Crippen molar-refractivity contribution in [1.29, 1.82) is 0 Å². The molecule has 2 heterocycles. The van der Waals surface area contributed by atoms with E-state index in [9.17, 15) is 9.59 Å². The highest BCUT2D eigenvalue weighted by Crippen LogP contribution is 2.30. The number of amides is 3. The van der Waals surface area contributed by atoms with Gasteiger partial charge in [0.1, 0.15) is 0 Å². The zero-order valence-electron chi connectivity index (χ0n) is 22.8. The summed E-state index contributed by atoms with van der Waals surface area (Å²) in [5.41, 5.74) is 2.29. The normalized spacial score (nSPS) is 18.0. The van der Waals surface area contributed by atoms with Crippen LogP contribution in [0.25, 0.3) is 0 Å². The molecular weight excluding hydrogens is 592 g/mol. The van der Waals surface area contributed by atoms with Crippen LogP contribution in [0.15, 0.2) is 41.4 Å². The molecule has 0 aliphatic carbocycles. The Morgan fingerprint density at radius 2 is 1.75 bits per heavy atom. The first-order valence-corrected chi connectivity index (χ1v) is 15.1. The Hall–Kier alpha value is -2.03. The molecule has 216 valence electrons. The first-order chi connectivity index (χ1) is 19.2. The molecule has 0 spiro atoms. The van der Waals surface area contributed by atoms with Gasteiger partial charge in [0.15, 0.2) is 0 Å². The van der Waals surface area contributed by atoms with Crippen molar-refractivity contribution in [3.8, 4) is 0 Å². The molecule has 1 atom stereocenters. The van der Waals surface area contributed by atoms with E-state index >= 15 is 0 Å². The van der Waals surface area contributed by atoms with Gasteiger partial charge in [-0.05, 0) is 68.1 Å². The number of rotatable bonds is 9. The molecule has 11 heteroatoms. The molecule has 0 unspecified atom stereocenters. The molecule has 4 rings (SSSR count). The zero-order valence-corrected chi connectivity index (χ0v) is 25.8. The monoisotopic (exact) mass is 625 g/mol. The van der Waals surface area contributed by atoms with Crippen LogP contribution in [0.5, 0.6) is 0 Å². The molecule has 2 fully saturated rings. The number of carbonyl (C=O) groups excluding carboxylic acids is 2. The van der Waals surface area contributed by atoms with Crippen LogP contribution in [0, 0.1) is 0 Å². The highest BCUT2D eigenvalue weighted by molar-refractivity contribution is 6.42. The first-order valence-electron chi connectivity index (χ1n) is 13.5. The number of carbonyl (C=O) groups is 2. The molecule has 2 saturated heterocycles. The first kappa shape index (κ1) is 30.9. The van der Waals surface area contributed by atoms with E-state index in [1.165, 1.54) is 0 Å². The number of nitrogens with zero attached hydrogens (tertiary/aromatic N) is 4. The highest BCUT2D eigenvalue weighted by atomic mass is 35.5. The summed E-state index contributed by atoms with van der Waals surface area (Å²) in [7, 11) is 3.50. The number of hydrogen-bond donors (Lipinski definition) is 1. The van der Waals surface area contributed by atoms with E-state index in [1.807, 2.05) is 17.0 Å². The molecule has 2 aliphatic rings. The molecule has 0 radical (unpaired) electrons. The van der Waals surface area contributed by atoms with Gasteiger partial charge < -0.3 is 20.0 Å². The van der Waals surface area contributed by atoms with Gasteiger partial charge in [0, 0.05) is 73.6 Å². The average Bonchev–Trinajstić information content (AvgIpc) is 2.94. The van der Waals surface area contributed by atoms with Crippen molar-refractivity contribution in [3.63, 3.8) is 0 Å². The third-order valence-electron chi connectivity index (χ3n) is 7.74. The highest BCUT2D eigenvalue weighted by Gasteiger charge is 2.30. The Bertz CT molecular complexity index is 1230. The molecule has 40 heavy (non-hydrogen) atoms. The molecule has 2 aliphatic heterocycles. The van der Waals surface area contributed by atoms with Crippen LogP contribution >= 0.6 is 46.4 Å². The van der Waals surface area contributed by atoms with E-state index in [0.29, 0.717) is 32.2 Å². The van der Waals surface area contributed by atoms with Gasteiger partial charge in [-0.3, -0.25) is 9.79 Å². The van der Waals surface area contributed by atoms with E-state index in [1.54, 1.807) is 43.3 Å². The van der Waals surface area contributed by atoms with Gasteiger partial charge >= 0.3 is 6.03 Å². The SMILES string of the molecule is CN=C(CN(C)C(=O)c1cc(Cl)cc(Cl)c1)[C@H](CCN1CCC(N2CCCNC2=O)CC1)c1ccc(Cl)c(Cl)c1. The third kappa shape index (κ3) is 7.83. The Kier molecular flexibility index (Phi) is 11.0. The molecule has 0 aromatic heterocycles. The van der Waals surface area contributed by atoms with Gasteiger partial charge in [-0.25, -0.2) is 4.79 Å². The second kappa shape index (κ2) is 14.2. The second-order valence-electron chi connectivity index (χ2n) is 10.4. The fourth-order valence-corrected chi connectivity index (χ4v) is 6.40. The van der Waals surface area contributed by atoms with Gasteiger partial charge in [0.25, 0.3) is 5.91 Å². The summed E-state index contributed by atoms with van der Waals surface area (Å²) in [6, 6.07) is 10.8. The fraction of sp³-hybridized carbons (Fsp3) is 0.483. The lowest BCUT2D eigenvalue weighted by Crippen LogP contribution is -2.54. The molecule has 2 aromatic carbocycles. The number of halogens is 4. The van der Waals surface area contributed by atoms with Crippen molar-refractivity contribution in [2.24, 2.45) is 4.99 Å². The maximum absolute atomic E-state index is 13.2. The standard InChI is InChI=1S/C29H35Cl4N5O2/c1-34-27(18-36(2)28(39)20-14-21(30)17-22(31)15-20)24(19-4-5-25(32)26(33)16-19)8-13-37-11-6-23(7-12-37)38-10-3-9-35-29(38)40/h4-5,14-17,23-24H,3,6-13,18H2,1-2H3,(H,35,40)/t24-/m1/s1. The molecule has 0 saturated carbocycles. The number of likely N-dealkylation sites (tertiary alicyclic amines) is 1. The van der Waals surface area contributed by atoms with E-state index in [0.717, 1.165) is 69.7 Å². The summed E-state index contributed by atoms with van der Waals surface area (Å²) in [6.07, 6.45) is 3.71. The van der Waals surface area contributed by atoms with Crippen LogP contribution in [0.4, 0.5) is 4.79 Å². The van der Waals surface area contributed by atoms with Crippen molar-refractivity contribution in [2.45, 2.75) is 37.6 Å². The Morgan fingerprint density at radius 3 is 2.38 bits per heavy atom. The van der Waals surface area contributed by atoms with E-state index in [4.69, 9.17) is 46.4 Å². The molecule has 1 N–H and O–H groups in total. The summed E-state index contributed by atoms with van der Waals surface area (Å²) >= 11 is 24.9. The number of piperidine rings is 1. The molecule has 2 aromatic rings. The molecule has 3 amide bonds. The molecule has 7 nitrogen and oxygen atoms in total. The Morgan fingerprint density at radius 1 is 1.05 bits per heavy atom. The van der Waals surface area contributed by atoms with Crippen molar-refractivity contribution in [2.75, 3.05) is 53.4 Å². The predicted octanol–water partition coefficient (Wildman–Crippen LogP) is 6.50. The smallest absolute Gasteiger partial charge is 0.317 e. The van der Waals surface area contributed by atoms with Gasteiger partial charge in [0.05, 0.1) is 16.6 Å². The minimum Gasteiger partial charge on any atom is -0.338 e. The summed E-state index contributed by atoms with van der Waals surface area (Å²) in [5.74, 6) is -0.258. The fourth-order valence-electron chi connectivity index (χ4n) is 5.57. The lowest BCUT2D eigenvalue weighted by Gasteiger charge is -2.40. The van der Waals surface area contributed by atoms with Crippen molar-refractivity contribution < 1.29 is 9.59 Å². The zero-order chi connectivity index (χ0) is 28.8. The van der Waals surface area contributed by atoms with Crippen LogP contribution < -0.4 is 5.32 Å². The van der Waals surface area contributed by atoms with Gasteiger partial charge in [0.2, 0.25) is 0 Å². The summed E-state index contributed by atoms with van der Waals surface area (Å²) in [5, 5.41) is 4.76. The predicted molar refractivity (Wildman–Crippen MR) is 165 cm³/mol. The minimum atomic E-state index is -0.192. The van der Waals surface area contributed by atoms with E-state index in [-0.39, 0.29) is 23.9 Å². The number of hydrogen-bond acceptors (Lipinski definition) is 4. The summed E-state index contributed by atoms with van der Waals surface area (Å²) in [4.78, 5) is 36.2. The van der Waals surface area contributed by atoms with Gasteiger partial charge in [-0.15, -0.1) is 0 Å². The van der Waals surface area contributed by atoms with Crippen LogP contribution in [0.1, 0.15) is 47.5 Å². The van der Waals surface area contributed by atoms with E-state index in [2.05, 4.69) is 15.2 Å². The number of benzene rings is 2. The largest absolute Gasteiger partial charge is 0.338 e. The molecule has 0 bridgehead atoms. The third-order valence-corrected chi connectivity index (χ3v) is 8.91. The van der Waals surface area contributed by atoms with Crippen LogP contribution in [0.2, 0.25) is 20.1 Å². The van der Waals surface area contributed by atoms with Crippen LogP contribution in [-0.4, -0.2) is 91.8 Å². The van der Waals surface area contributed by atoms with Gasteiger partial charge in [-0.1, -0.05) is 52.5 Å². The number of aliphatic imine (C=N–C) groups is 1. The van der Waals surface area contributed by atoms with Crippen molar-refractivity contribution in [3.05, 3.63) is 67.6 Å². The quantitative estimate of drug-likeness (QED) is 0.323. The topological polar surface area (TPSA) is 68.2 Å². The van der Waals surface area contributed by atoms with Crippen LogP contribution in [-0.2, 0) is 0 Å². The Balaban J connectivity index is 1.45. The minimum absolute atomic E-state index is 0.0619. The van der Waals surface area contributed by atoms with Crippen LogP contribution in [0.3, 0.4) is 0 Å². The Labute approximate surface area is 256 Å². The maximum Gasteiger partial charge on any atom is 0.317 e. The number of urea groups is 1. The van der Waals surface area contributed by atoms with Crippen molar-refractivity contribution in [1.82, 2.24) is 20.0 Å². The van der Waals surface area contributed by atoms with Crippen molar-refractivity contribution >= 4 is 64.1 Å². The van der Waals surface area contributed by atoms with E-state index < -0.39 is 0 Å². The summed E-state index contributed by atoms with van der Waals surface area (Å²) < 4.78 is 0.